The number of benzene rings is 2. The summed E-state index contributed by atoms with van der Waals surface area (Å²) in [6.07, 6.45) is 2.60. The largest absolute Gasteiger partial charge is 0.382 e. The number of hydrogen-bond acceptors (Lipinski definition) is 6. The third-order valence-corrected chi connectivity index (χ3v) is 5.52. The van der Waals surface area contributed by atoms with Gasteiger partial charge in [-0.3, -0.25) is 4.79 Å². The van der Waals surface area contributed by atoms with E-state index >= 15 is 0 Å². The van der Waals surface area contributed by atoms with Gasteiger partial charge in [0.25, 0.3) is 5.91 Å². The molecule has 0 saturated carbocycles. The van der Waals surface area contributed by atoms with Gasteiger partial charge in [-0.2, -0.15) is 5.26 Å². The monoisotopic (exact) mass is 412 g/mol. The van der Waals surface area contributed by atoms with Crippen LogP contribution in [0.15, 0.2) is 54.7 Å². The number of anilines is 1. The summed E-state index contributed by atoms with van der Waals surface area (Å²) >= 11 is 0. The molecule has 2 N–H and O–H groups in total. The SMILES string of the molecule is CN1CCCN(C(=O)c2ccc(-c3nc(-c4ccc(C#N)cc4)cnc3N)cc2)CC1. The van der Waals surface area contributed by atoms with Gasteiger partial charge >= 0.3 is 0 Å². The van der Waals surface area contributed by atoms with Crippen LogP contribution in [0.1, 0.15) is 22.3 Å². The number of amides is 1. The van der Waals surface area contributed by atoms with Gasteiger partial charge in [0.2, 0.25) is 0 Å². The second-order valence-corrected chi connectivity index (χ2v) is 7.70. The number of nitrogen functional groups attached to an aromatic ring is 1. The highest BCUT2D eigenvalue weighted by Crippen LogP contribution is 2.26. The van der Waals surface area contributed by atoms with Crippen molar-refractivity contribution in [3.05, 3.63) is 65.9 Å². The summed E-state index contributed by atoms with van der Waals surface area (Å²) in [5.41, 5.74) is 10.2. The van der Waals surface area contributed by atoms with Crippen LogP contribution in [0.2, 0.25) is 0 Å². The maximum Gasteiger partial charge on any atom is 0.253 e. The molecule has 0 aliphatic carbocycles. The smallest absolute Gasteiger partial charge is 0.253 e. The molecule has 7 heteroatoms. The van der Waals surface area contributed by atoms with Crippen molar-refractivity contribution in [2.24, 2.45) is 0 Å². The number of hydrogen-bond donors (Lipinski definition) is 1. The van der Waals surface area contributed by atoms with Gasteiger partial charge in [0.1, 0.15) is 11.5 Å². The fourth-order valence-corrected chi connectivity index (χ4v) is 3.67. The van der Waals surface area contributed by atoms with Gasteiger partial charge in [-0.1, -0.05) is 24.3 Å². The molecule has 7 nitrogen and oxygen atoms in total. The molecule has 4 rings (SSSR count). The molecule has 31 heavy (non-hydrogen) atoms. The number of aromatic nitrogens is 2. The molecule has 0 bridgehead atoms. The van der Waals surface area contributed by atoms with E-state index in [2.05, 4.69) is 28.0 Å². The van der Waals surface area contributed by atoms with Crippen molar-refractivity contribution < 1.29 is 4.79 Å². The first-order valence-electron chi connectivity index (χ1n) is 10.3. The van der Waals surface area contributed by atoms with Crippen LogP contribution in [-0.2, 0) is 0 Å². The Morgan fingerprint density at radius 2 is 1.71 bits per heavy atom. The van der Waals surface area contributed by atoms with Crippen molar-refractivity contribution in [3.63, 3.8) is 0 Å². The van der Waals surface area contributed by atoms with Crippen LogP contribution in [0.4, 0.5) is 5.82 Å². The van der Waals surface area contributed by atoms with Gasteiger partial charge in [0, 0.05) is 36.3 Å². The third-order valence-electron chi connectivity index (χ3n) is 5.52. The fraction of sp³-hybridized carbons (Fsp3) is 0.250. The molecule has 0 radical (unpaired) electrons. The molecule has 0 spiro atoms. The van der Waals surface area contributed by atoms with E-state index in [-0.39, 0.29) is 5.91 Å². The van der Waals surface area contributed by atoms with Crippen LogP contribution >= 0.6 is 0 Å². The third kappa shape index (κ3) is 4.55. The predicted octanol–water partition coefficient (Wildman–Crippen LogP) is 3.04. The van der Waals surface area contributed by atoms with Gasteiger partial charge < -0.3 is 15.5 Å². The van der Waals surface area contributed by atoms with E-state index in [4.69, 9.17) is 11.0 Å². The standard InChI is InChI=1S/C24H24N6O/c1-29-11-2-12-30(14-13-29)24(31)20-9-7-19(8-10-20)22-23(26)27-16-21(28-22)18-5-3-17(15-25)4-6-18/h3-10,16H,2,11-14H2,1H3,(H2,26,27). The summed E-state index contributed by atoms with van der Waals surface area (Å²) in [5, 5.41) is 8.97. The molecule has 1 saturated heterocycles. The van der Waals surface area contributed by atoms with E-state index in [9.17, 15) is 4.79 Å². The van der Waals surface area contributed by atoms with Crippen LogP contribution in [0.25, 0.3) is 22.5 Å². The predicted molar refractivity (Wildman–Crippen MR) is 120 cm³/mol. The molecule has 0 unspecified atom stereocenters. The lowest BCUT2D eigenvalue weighted by molar-refractivity contribution is 0.0763. The molecule has 0 atom stereocenters. The number of likely N-dealkylation sites (N-methyl/N-ethyl adjacent to an activating group) is 1. The van der Waals surface area contributed by atoms with Crippen molar-refractivity contribution in [1.29, 1.82) is 5.26 Å². The van der Waals surface area contributed by atoms with Gasteiger partial charge in [-0.15, -0.1) is 0 Å². The number of nitriles is 1. The Morgan fingerprint density at radius 1 is 1.00 bits per heavy atom. The molecule has 2 aromatic carbocycles. The summed E-state index contributed by atoms with van der Waals surface area (Å²) < 4.78 is 0. The van der Waals surface area contributed by atoms with Gasteiger partial charge in [0.15, 0.2) is 0 Å². The van der Waals surface area contributed by atoms with E-state index in [0.717, 1.165) is 43.7 Å². The highest BCUT2D eigenvalue weighted by molar-refractivity contribution is 5.95. The Bertz CT molecular complexity index is 1120. The average Bonchev–Trinajstić information content (AvgIpc) is 3.03. The Labute approximate surface area is 181 Å². The van der Waals surface area contributed by atoms with E-state index in [1.54, 1.807) is 18.3 Å². The highest BCUT2D eigenvalue weighted by atomic mass is 16.2. The maximum atomic E-state index is 12.9. The molecular weight excluding hydrogens is 388 g/mol. The van der Waals surface area contributed by atoms with Crippen molar-refractivity contribution in [3.8, 4) is 28.6 Å². The molecule has 2 heterocycles. The quantitative estimate of drug-likeness (QED) is 0.710. The normalized spacial score (nSPS) is 14.6. The summed E-state index contributed by atoms with van der Waals surface area (Å²) in [7, 11) is 2.08. The lowest BCUT2D eigenvalue weighted by atomic mass is 10.1. The Morgan fingerprint density at radius 3 is 2.42 bits per heavy atom. The lowest BCUT2D eigenvalue weighted by Crippen LogP contribution is -2.34. The lowest BCUT2D eigenvalue weighted by Gasteiger charge is -2.20. The minimum absolute atomic E-state index is 0.0484. The van der Waals surface area contributed by atoms with Crippen LogP contribution in [-0.4, -0.2) is 58.9 Å². The zero-order valence-electron chi connectivity index (χ0n) is 17.5. The van der Waals surface area contributed by atoms with Crippen molar-refractivity contribution in [1.82, 2.24) is 19.8 Å². The Kier molecular flexibility index (Phi) is 5.92. The average molecular weight is 412 g/mol. The first-order chi connectivity index (χ1) is 15.0. The molecule has 1 aliphatic heterocycles. The van der Waals surface area contributed by atoms with Crippen molar-refractivity contribution in [2.45, 2.75) is 6.42 Å². The number of nitrogens with two attached hydrogens (primary N) is 1. The van der Waals surface area contributed by atoms with Gasteiger partial charge in [-0.25, -0.2) is 9.97 Å². The summed E-state index contributed by atoms with van der Waals surface area (Å²) in [6.45, 7) is 3.41. The second-order valence-electron chi connectivity index (χ2n) is 7.70. The Hall–Kier alpha value is -3.76. The van der Waals surface area contributed by atoms with Gasteiger partial charge in [0.05, 0.1) is 23.5 Å². The first-order valence-corrected chi connectivity index (χ1v) is 10.3. The number of carbonyl (C=O) groups is 1. The number of nitrogens with zero attached hydrogens (tertiary/aromatic N) is 5. The molecule has 1 fully saturated rings. The van der Waals surface area contributed by atoms with E-state index in [1.165, 1.54) is 0 Å². The summed E-state index contributed by atoms with van der Waals surface area (Å²) in [6, 6.07) is 16.6. The van der Waals surface area contributed by atoms with E-state index in [0.29, 0.717) is 28.3 Å². The minimum Gasteiger partial charge on any atom is -0.382 e. The topological polar surface area (TPSA) is 99.1 Å². The van der Waals surface area contributed by atoms with Crippen LogP contribution in [0.3, 0.4) is 0 Å². The van der Waals surface area contributed by atoms with Crippen LogP contribution in [0, 0.1) is 11.3 Å². The highest BCUT2D eigenvalue weighted by Gasteiger charge is 2.19. The zero-order chi connectivity index (χ0) is 21.8. The molecular formula is C24H24N6O. The second kappa shape index (κ2) is 8.94. The molecule has 1 aliphatic rings. The first kappa shape index (κ1) is 20.5. The van der Waals surface area contributed by atoms with E-state index in [1.807, 2.05) is 41.3 Å². The molecule has 3 aromatic rings. The number of rotatable bonds is 3. The Balaban J connectivity index is 1.57. The fourth-order valence-electron chi connectivity index (χ4n) is 3.67. The number of carbonyl (C=O) groups excluding carboxylic acids is 1. The van der Waals surface area contributed by atoms with Gasteiger partial charge in [-0.05, 0) is 44.3 Å². The molecule has 156 valence electrons. The summed E-state index contributed by atoms with van der Waals surface area (Å²) in [5.74, 6) is 0.374. The molecule has 1 aromatic heterocycles. The van der Waals surface area contributed by atoms with Crippen LogP contribution < -0.4 is 5.73 Å². The minimum atomic E-state index is 0.0484. The summed E-state index contributed by atoms with van der Waals surface area (Å²) in [4.78, 5) is 26.0. The molecule has 1 amide bonds. The zero-order valence-corrected chi connectivity index (χ0v) is 17.5. The maximum absolute atomic E-state index is 12.9. The van der Waals surface area contributed by atoms with Crippen molar-refractivity contribution >= 4 is 11.7 Å². The van der Waals surface area contributed by atoms with Crippen molar-refractivity contribution in [2.75, 3.05) is 39.0 Å². The van der Waals surface area contributed by atoms with Crippen LogP contribution in [0.5, 0.6) is 0 Å². The van der Waals surface area contributed by atoms with E-state index < -0.39 is 0 Å².